The normalized spacial score (nSPS) is 43.9. The molecule has 0 aliphatic heterocycles. The second kappa shape index (κ2) is 8.61. The van der Waals surface area contributed by atoms with Gasteiger partial charge >= 0.3 is 11.9 Å². The number of hydrogen-bond donors (Lipinski definition) is 5. The lowest BCUT2D eigenvalue weighted by Crippen LogP contribution is -2.69. The van der Waals surface area contributed by atoms with Crippen molar-refractivity contribution in [2.24, 2.45) is 33.8 Å². The molecule has 4 rings (SSSR count). The van der Waals surface area contributed by atoms with E-state index >= 15 is 0 Å². The molecule has 9 nitrogen and oxygen atoms in total. The van der Waals surface area contributed by atoms with Crippen molar-refractivity contribution in [1.82, 2.24) is 0 Å². The Bertz CT molecular complexity index is 1040. The Morgan fingerprint density at radius 3 is 2.35 bits per heavy atom. The highest BCUT2D eigenvalue weighted by Crippen LogP contribution is 2.74. The molecule has 208 valence electrons. The molecule has 1 unspecified atom stereocenters. The van der Waals surface area contributed by atoms with Crippen molar-refractivity contribution in [2.75, 3.05) is 6.61 Å². The average Bonchev–Trinajstić information content (AvgIpc) is 3.20. The first kappa shape index (κ1) is 28.2. The van der Waals surface area contributed by atoms with E-state index in [1.165, 1.54) is 0 Å². The van der Waals surface area contributed by atoms with Gasteiger partial charge in [-0.1, -0.05) is 32.9 Å². The standard InChI is InChI=1S/C28H43NO8/c1-8-9-18(30)37-27-12-17(29)26-11-14(2)20(31)28(26,35)21(32)15(13-36-23(34)24(3,4)5)10-16(22(26)33)19(27)25(27,6)7/h10-11,16-17,19-22,31-33,35H,8-9,12-13,29H2,1-7H3/t16-,17+,19+,20-,21+,22?,26-,27-,28+/m0/s1. The molecule has 2 saturated carbocycles. The van der Waals surface area contributed by atoms with Gasteiger partial charge in [-0.3, -0.25) is 9.59 Å². The van der Waals surface area contributed by atoms with Gasteiger partial charge in [-0.25, -0.2) is 0 Å². The van der Waals surface area contributed by atoms with E-state index in [0.717, 1.165) is 0 Å². The number of carbonyl (C=O) groups is 2. The number of fused-ring (bicyclic) bond motifs is 3. The number of hydrogen-bond acceptors (Lipinski definition) is 9. The van der Waals surface area contributed by atoms with E-state index in [-0.39, 0.29) is 36.9 Å². The van der Waals surface area contributed by atoms with E-state index < -0.39 is 63.7 Å². The minimum atomic E-state index is -2.29. The van der Waals surface area contributed by atoms with Gasteiger partial charge in [0.1, 0.15) is 30.0 Å². The van der Waals surface area contributed by atoms with Crippen molar-refractivity contribution in [3.63, 3.8) is 0 Å². The molecule has 1 spiro atoms. The molecule has 2 bridgehead atoms. The second-order valence-corrected chi connectivity index (χ2v) is 13.2. The molecule has 37 heavy (non-hydrogen) atoms. The molecule has 4 aliphatic carbocycles. The van der Waals surface area contributed by atoms with Crippen molar-refractivity contribution in [2.45, 2.75) is 103 Å². The van der Waals surface area contributed by atoms with Crippen LogP contribution in [-0.4, -0.2) is 74.5 Å². The summed E-state index contributed by atoms with van der Waals surface area (Å²) in [5.74, 6) is -1.95. The van der Waals surface area contributed by atoms with Crippen LogP contribution in [0.15, 0.2) is 23.3 Å². The maximum Gasteiger partial charge on any atom is 0.311 e. The predicted octanol–water partition coefficient (Wildman–Crippen LogP) is 1.36. The lowest BCUT2D eigenvalue weighted by molar-refractivity contribution is -0.208. The predicted molar refractivity (Wildman–Crippen MR) is 135 cm³/mol. The molecule has 9 heteroatoms. The monoisotopic (exact) mass is 521 g/mol. The zero-order valence-electron chi connectivity index (χ0n) is 22.9. The summed E-state index contributed by atoms with van der Waals surface area (Å²) in [7, 11) is 0. The van der Waals surface area contributed by atoms with Gasteiger partial charge in [-0.05, 0) is 45.3 Å². The Kier molecular flexibility index (Phi) is 6.57. The SMILES string of the molecule is CCCC(=O)O[C@@]12C[C@@H](N)[C@]34C=C(C)[C@H](O)[C@@]3(O)[C@H](O)C(COC(=O)C(C)(C)C)=C[C@H](C4O)[C@@H]1C2(C)C. The molecule has 0 amide bonds. The van der Waals surface area contributed by atoms with Crippen molar-refractivity contribution in [3.05, 3.63) is 23.3 Å². The highest BCUT2D eigenvalue weighted by Gasteiger charge is 2.83. The average molecular weight is 522 g/mol. The summed E-state index contributed by atoms with van der Waals surface area (Å²) >= 11 is 0. The van der Waals surface area contributed by atoms with Crippen molar-refractivity contribution >= 4 is 11.9 Å². The van der Waals surface area contributed by atoms with Gasteiger partial charge in [-0.15, -0.1) is 0 Å². The van der Waals surface area contributed by atoms with Crippen LogP contribution in [0.4, 0.5) is 0 Å². The Morgan fingerprint density at radius 2 is 1.78 bits per heavy atom. The molecule has 0 aromatic rings. The van der Waals surface area contributed by atoms with Crippen LogP contribution in [0.25, 0.3) is 0 Å². The van der Waals surface area contributed by atoms with Crippen molar-refractivity contribution in [1.29, 1.82) is 0 Å². The van der Waals surface area contributed by atoms with E-state index in [2.05, 4.69) is 0 Å². The maximum absolute atomic E-state index is 12.7. The number of nitrogens with two attached hydrogens (primary N) is 1. The highest BCUT2D eigenvalue weighted by atomic mass is 16.6. The molecule has 0 saturated heterocycles. The van der Waals surface area contributed by atoms with Gasteiger partial charge in [0.2, 0.25) is 0 Å². The maximum atomic E-state index is 12.7. The Labute approximate surface area is 218 Å². The molecular formula is C28H43NO8. The van der Waals surface area contributed by atoms with E-state index in [4.69, 9.17) is 15.2 Å². The first-order valence-corrected chi connectivity index (χ1v) is 13.2. The van der Waals surface area contributed by atoms with E-state index in [0.29, 0.717) is 12.0 Å². The number of rotatable bonds is 5. The Balaban J connectivity index is 1.87. The van der Waals surface area contributed by atoms with Crippen LogP contribution in [-0.2, 0) is 19.1 Å². The smallest absolute Gasteiger partial charge is 0.311 e. The molecule has 6 N–H and O–H groups in total. The first-order chi connectivity index (χ1) is 16.9. The minimum Gasteiger partial charge on any atom is -0.461 e. The summed E-state index contributed by atoms with van der Waals surface area (Å²) < 4.78 is 11.6. The molecule has 4 aliphatic rings. The summed E-state index contributed by atoms with van der Waals surface area (Å²) in [6.07, 6.45) is -0.297. The second-order valence-electron chi connectivity index (χ2n) is 13.2. The highest BCUT2D eigenvalue weighted by molar-refractivity contribution is 5.75. The summed E-state index contributed by atoms with van der Waals surface area (Å²) in [4.78, 5) is 25.3. The number of carbonyl (C=O) groups excluding carboxylic acids is 2. The van der Waals surface area contributed by atoms with Crippen LogP contribution < -0.4 is 5.73 Å². The fraction of sp³-hybridized carbons (Fsp3) is 0.786. The summed E-state index contributed by atoms with van der Waals surface area (Å²) in [5, 5.41) is 47.0. The van der Waals surface area contributed by atoms with Gasteiger partial charge < -0.3 is 35.6 Å². The molecule has 2 fully saturated rings. The van der Waals surface area contributed by atoms with Gasteiger partial charge in [0.15, 0.2) is 0 Å². The van der Waals surface area contributed by atoms with Crippen molar-refractivity contribution in [3.8, 4) is 0 Å². The third-order valence-electron chi connectivity index (χ3n) is 9.58. The fourth-order valence-electron chi connectivity index (χ4n) is 7.52. The first-order valence-electron chi connectivity index (χ1n) is 13.2. The quantitative estimate of drug-likeness (QED) is 0.266. The summed E-state index contributed by atoms with van der Waals surface area (Å²) in [5.41, 5.74) is 1.05. The van der Waals surface area contributed by atoms with Crippen LogP contribution in [0.5, 0.6) is 0 Å². The van der Waals surface area contributed by atoms with Crippen LogP contribution >= 0.6 is 0 Å². The molecule has 0 aromatic heterocycles. The van der Waals surface area contributed by atoms with E-state index in [1.54, 1.807) is 39.8 Å². The Morgan fingerprint density at radius 1 is 1.16 bits per heavy atom. The molecular weight excluding hydrogens is 478 g/mol. The number of esters is 2. The number of aliphatic hydroxyl groups excluding tert-OH is 3. The molecule has 9 atom stereocenters. The fourth-order valence-corrected chi connectivity index (χ4v) is 7.52. The van der Waals surface area contributed by atoms with E-state index in [9.17, 15) is 30.0 Å². The van der Waals surface area contributed by atoms with Gasteiger partial charge in [0, 0.05) is 36.1 Å². The Hall–Kier alpha value is -1.78. The van der Waals surface area contributed by atoms with E-state index in [1.807, 2.05) is 20.8 Å². The third kappa shape index (κ3) is 3.61. The molecule has 0 aromatic carbocycles. The van der Waals surface area contributed by atoms with Crippen LogP contribution in [0.3, 0.4) is 0 Å². The van der Waals surface area contributed by atoms with Crippen LogP contribution in [0.1, 0.15) is 67.7 Å². The third-order valence-corrected chi connectivity index (χ3v) is 9.58. The minimum absolute atomic E-state index is 0.140. The van der Waals surface area contributed by atoms with Crippen LogP contribution in [0, 0.1) is 28.1 Å². The zero-order valence-corrected chi connectivity index (χ0v) is 22.9. The number of ether oxygens (including phenoxy) is 2. The summed E-state index contributed by atoms with van der Waals surface area (Å²) in [6.45, 7) is 12.2. The number of aliphatic hydroxyl groups is 4. The summed E-state index contributed by atoms with van der Waals surface area (Å²) in [6, 6.07) is -0.970. The largest absolute Gasteiger partial charge is 0.461 e. The van der Waals surface area contributed by atoms with Crippen molar-refractivity contribution < 1.29 is 39.5 Å². The van der Waals surface area contributed by atoms with Gasteiger partial charge in [0.25, 0.3) is 0 Å². The topological polar surface area (TPSA) is 160 Å². The lowest BCUT2D eigenvalue weighted by Gasteiger charge is -2.51. The van der Waals surface area contributed by atoms with Gasteiger partial charge in [-0.2, -0.15) is 0 Å². The molecule has 0 heterocycles. The lowest BCUT2D eigenvalue weighted by atomic mass is 9.60. The van der Waals surface area contributed by atoms with Crippen LogP contribution in [0.2, 0.25) is 0 Å². The zero-order chi connectivity index (χ0) is 27.9. The molecule has 0 radical (unpaired) electrons. The van der Waals surface area contributed by atoms with Gasteiger partial charge in [0.05, 0.1) is 16.9 Å².